The van der Waals surface area contributed by atoms with Gasteiger partial charge in [0.2, 0.25) is 5.91 Å². The summed E-state index contributed by atoms with van der Waals surface area (Å²) >= 11 is 5.96. The van der Waals surface area contributed by atoms with E-state index in [1.807, 2.05) is 6.92 Å². The molecule has 1 N–H and O–H groups in total. The molecule has 0 unspecified atom stereocenters. The van der Waals surface area contributed by atoms with Gasteiger partial charge in [-0.15, -0.1) is 0 Å². The van der Waals surface area contributed by atoms with E-state index in [1.165, 1.54) is 0 Å². The first kappa shape index (κ1) is 17.1. The maximum absolute atomic E-state index is 12.7. The van der Waals surface area contributed by atoms with Crippen molar-refractivity contribution in [2.45, 2.75) is 19.6 Å². The zero-order chi connectivity index (χ0) is 17.2. The summed E-state index contributed by atoms with van der Waals surface area (Å²) in [6.07, 6.45) is -3.65. The molecule has 1 aromatic carbocycles. The van der Waals surface area contributed by atoms with Gasteiger partial charge in [0, 0.05) is 6.20 Å². The zero-order valence-electron chi connectivity index (χ0n) is 11.9. The number of rotatable bonds is 3. The molecule has 4 nitrogen and oxygen atoms in total. The van der Waals surface area contributed by atoms with Gasteiger partial charge in [0.15, 0.2) is 0 Å². The number of amides is 1. The number of pyridine rings is 1. The van der Waals surface area contributed by atoms with E-state index in [2.05, 4.69) is 5.32 Å². The van der Waals surface area contributed by atoms with E-state index in [0.717, 1.165) is 17.8 Å². The highest BCUT2D eigenvalue weighted by Gasteiger charge is 2.34. The molecule has 0 aliphatic heterocycles. The van der Waals surface area contributed by atoms with Crippen LogP contribution in [-0.2, 0) is 17.5 Å². The van der Waals surface area contributed by atoms with Crippen molar-refractivity contribution in [3.63, 3.8) is 0 Å². The highest BCUT2D eigenvalue weighted by Crippen LogP contribution is 2.26. The third kappa shape index (κ3) is 4.13. The maximum atomic E-state index is 12.7. The number of anilines is 1. The van der Waals surface area contributed by atoms with E-state index < -0.39 is 29.8 Å². The van der Waals surface area contributed by atoms with Gasteiger partial charge in [0.25, 0.3) is 5.56 Å². The Morgan fingerprint density at radius 1 is 1.30 bits per heavy atom. The van der Waals surface area contributed by atoms with Gasteiger partial charge in [-0.3, -0.25) is 9.59 Å². The lowest BCUT2D eigenvalue weighted by molar-refractivity contribution is -0.139. The summed E-state index contributed by atoms with van der Waals surface area (Å²) in [7, 11) is 0. The Hall–Kier alpha value is -2.28. The molecule has 0 spiro atoms. The number of carbonyl (C=O) groups excluding carboxylic acids is 1. The van der Waals surface area contributed by atoms with Crippen LogP contribution >= 0.6 is 11.6 Å². The van der Waals surface area contributed by atoms with Crippen LogP contribution in [0.25, 0.3) is 0 Å². The molecule has 1 aromatic heterocycles. The molecule has 8 heteroatoms. The first-order valence-corrected chi connectivity index (χ1v) is 6.89. The fraction of sp³-hybridized carbons (Fsp3) is 0.200. The molecular formula is C15H12ClF3N2O2. The van der Waals surface area contributed by atoms with Crippen molar-refractivity contribution >= 4 is 23.2 Å². The molecule has 0 aliphatic carbocycles. The molecule has 0 fully saturated rings. The van der Waals surface area contributed by atoms with Crippen LogP contribution in [0, 0.1) is 6.92 Å². The van der Waals surface area contributed by atoms with Crippen LogP contribution in [0.15, 0.2) is 41.3 Å². The SMILES string of the molecule is Cc1ccc(NC(=O)Cn2cccc(C(F)(F)F)c2=O)c(Cl)c1. The molecule has 0 saturated heterocycles. The Morgan fingerprint density at radius 3 is 2.61 bits per heavy atom. The van der Waals surface area contributed by atoms with E-state index >= 15 is 0 Å². The Morgan fingerprint density at radius 2 is 2.00 bits per heavy atom. The first-order chi connectivity index (χ1) is 10.7. The molecule has 1 heterocycles. The monoisotopic (exact) mass is 344 g/mol. The molecule has 0 radical (unpaired) electrons. The zero-order valence-corrected chi connectivity index (χ0v) is 12.7. The summed E-state index contributed by atoms with van der Waals surface area (Å²) in [5.74, 6) is -0.655. The van der Waals surface area contributed by atoms with Crippen molar-refractivity contribution in [2.24, 2.45) is 0 Å². The number of hydrogen-bond acceptors (Lipinski definition) is 2. The lowest BCUT2D eigenvalue weighted by Gasteiger charge is -2.11. The predicted octanol–water partition coefficient (Wildman–Crippen LogP) is 3.47. The van der Waals surface area contributed by atoms with E-state index in [9.17, 15) is 22.8 Å². The van der Waals surface area contributed by atoms with E-state index in [1.54, 1.807) is 18.2 Å². The maximum Gasteiger partial charge on any atom is 0.421 e. The fourth-order valence-corrected chi connectivity index (χ4v) is 2.23. The van der Waals surface area contributed by atoms with Crippen LogP contribution in [0.5, 0.6) is 0 Å². The van der Waals surface area contributed by atoms with Crippen molar-refractivity contribution in [1.29, 1.82) is 0 Å². The minimum Gasteiger partial charge on any atom is -0.323 e. The van der Waals surface area contributed by atoms with Gasteiger partial charge in [-0.25, -0.2) is 0 Å². The second kappa shape index (κ2) is 6.45. The van der Waals surface area contributed by atoms with E-state index in [0.29, 0.717) is 21.3 Å². The normalized spacial score (nSPS) is 11.3. The van der Waals surface area contributed by atoms with Crippen molar-refractivity contribution in [1.82, 2.24) is 4.57 Å². The number of alkyl halides is 3. The number of aryl methyl sites for hydroxylation is 1. The highest BCUT2D eigenvalue weighted by atomic mass is 35.5. The Kier molecular flexibility index (Phi) is 4.79. The van der Waals surface area contributed by atoms with Crippen LogP contribution in [0.2, 0.25) is 5.02 Å². The lowest BCUT2D eigenvalue weighted by atomic mass is 10.2. The molecule has 23 heavy (non-hydrogen) atoms. The molecule has 2 rings (SSSR count). The number of aromatic nitrogens is 1. The quantitative estimate of drug-likeness (QED) is 0.927. The standard InChI is InChI=1S/C15H12ClF3N2O2/c1-9-4-5-12(11(16)7-9)20-13(22)8-21-6-2-3-10(14(21)23)15(17,18)19/h2-7H,8H2,1H3,(H,20,22). The third-order valence-corrected chi connectivity index (χ3v) is 3.35. The minimum absolute atomic E-state index is 0.301. The average Bonchev–Trinajstić information content (AvgIpc) is 2.43. The molecule has 0 atom stereocenters. The van der Waals surface area contributed by atoms with Crippen LogP contribution in [0.3, 0.4) is 0 Å². The van der Waals surface area contributed by atoms with Gasteiger partial charge in [-0.2, -0.15) is 13.2 Å². The molecule has 0 aliphatic rings. The first-order valence-electron chi connectivity index (χ1n) is 6.51. The van der Waals surface area contributed by atoms with Gasteiger partial charge < -0.3 is 9.88 Å². The lowest BCUT2D eigenvalue weighted by Crippen LogP contribution is -2.32. The van der Waals surface area contributed by atoms with E-state index in [-0.39, 0.29) is 0 Å². The Balaban J connectivity index is 2.20. The molecular weight excluding hydrogens is 333 g/mol. The Labute approximate surface area is 134 Å². The third-order valence-electron chi connectivity index (χ3n) is 3.04. The van der Waals surface area contributed by atoms with Crippen molar-refractivity contribution in [3.8, 4) is 0 Å². The molecule has 1 amide bonds. The summed E-state index contributed by atoms with van der Waals surface area (Å²) in [5.41, 5.74) is -1.38. The van der Waals surface area contributed by atoms with Gasteiger partial charge in [0.1, 0.15) is 12.1 Å². The van der Waals surface area contributed by atoms with Gasteiger partial charge in [-0.1, -0.05) is 17.7 Å². The summed E-state index contributed by atoms with van der Waals surface area (Å²) in [6, 6.07) is 6.67. The predicted molar refractivity (Wildman–Crippen MR) is 80.5 cm³/mol. The number of halogens is 4. The number of nitrogens with zero attached hydrogens (tertiary/aromatic N) is 1. The van der Waals surface area contributed by atoms with Crippen molar-refractivity contribution in [2.75, 3.05) is 5.32 Å². The van der Waals surface area contributed by atoms with Gasteiger partial charge >= 0.3 is 6.18 Å². The Bertz CT molecular complexity index is 800. The molecule has 0 saturated carbocycles. The molecule has 122 valence electrons. The van der Waals surface area contributed by atoms with E-state index in [4.69, 9.17) is 11.6 Å². The van der Waals surface area contributed by atoms with Crippen molar-refractivity contribution < 1.29 is 18.0 Å². The van der Waals surface area contributed by atoms with Crippen molar-refractivity contribution in [3.05, 3.63) is 63.0 Å². The second-order valence-electron chi connectivity index (χ2n) is 4.88. The highest BCUT2D eigenvalue weighted by molar-refractivity contribution is 6.33. The summed E-state index contributed by atoms with van der Waals surface area (Å²) in [6.45, 7) is 1.27. The number of nitrogens with one attached hydrogen (secondary N) is 1. The topological polar surface area (TPSA) is 51.1 Å². The van der Waals surface area contributed by atoms with Crippen LogP contribution in [0.1, 0.15) is 11.1 Å². The van der Waals surface area contributed by atoms with Crippen LogP contribution < -0.4 is 10.9 Å². The number of benzene rings is 1. The van der Waals surface area contributed by atoms with Gasteiger partial charge in [-0.05, 0) is 36.8 Å². The number of carbonyl (C=O) groups is 1. The second-order valence-corrected chi connectivity index (χ2v) is 5.29. The summed E-state index contributed by atoms with van der Waals surface area (Å²) < 4.78 is 38.7. The van der Waals surface area contributed by atoms with Crippen LogP contribution in [-0.4, -0.2) is 10.5 Å². The largest absolute Gasteiger partial charge is 0.421 e. The average molecular weight is 345 g/mol. The minimum atomic E-state index is -4.77. The summed E-state index contributed by atoms with van der Waals surface area (Å²) in [4.78, 5) is 23.7. The number of hydrogen-bond donors (Lipinski definition) is 1. The summed E-state index contributed by atoms with van der Waals surface area (Å²) in [5, 5.41) is 2.76. The molecule has 0 bridgehead atoms. The van der Waals surface area contributed by atoms with Crippen LogP contribution in [0.4, 0.5) is 18.9 Å². The molecule has 2 aromatic rings. The smallest absolute Gasteiger partial charge is 0.323 e. The fourth-order valence-electron chi connectivity index (χ4n) is 1.94. The van der Waals surface area contributed by atoms with Gasteiger partial charge in [0.05, 0.1) is 10.7 Å².